The van der Waals surface area contributed by atoms with Crippen LogP contribution in [0, 0.1) is 18.3 Å². The SMILES string of the molecule is C#CCO[C@H]1C(C)=C(C=C)CC[C@@H]1CO[Si](C)(C)C(C)(C)C. The molecule has 0 aromatic heterocycles. The summed E-state index contributed by atoms with van der Waals surface area (Å²) in [5, 5.41) is 0.230. The molecular weight excluding hydrogens is 288 g/mol. The van der Waals surface area contributed by atoms with Crippen molar-refractivity contribution in [1.29, 1.82) is 0 Å². The normalized spacial score (nSPS) is 23.3. The molecule has 0 bridgehead atoms. The fraction of sp³-hybridized carbons (Fsp3) is 0.684. The Morgan fingerprint density at radius 3 is 2.55 bits per heavy atom. The second kappa shape index (κ2) is 7.63. The summed E-state index contributed by atoms with van der Waals surface area (Å²) in [6.45, 7) is 18.6. The van der Waals surface area contributed by atoms with Gasteiger partial charge in [-0.1, -0.05) is 39.3 Å². The minimum atomic E-state index is -1.73. The molecule has 22 heavy (non-hydrogen) atoms. The van der Waals surface area contributed by atoms with Crippen molar-refractivity contribution < 1.29 is 9.16 Å². The number of terminal acetylenes is 1. The first-order valence-corrected chi connectivity index (χ1v) is 11.1. The Labute approximate surface area is 138 Å². The highest BCUT2D eigenvalue weighted by atomic mass is 28.4. The fourth-order valence-electron chi connectivity index (χ4n) is 2.59. The second-order valence-corrected chi connectivity index (χ2v) is 12.5. The van der Waals surface area contributed by atoms with E-state index in [4.69, 9.17) is 15.6 Å². The third-order valence-electron chi connectivity index (χ3n) is 5.20. The molecule has 1 aliphatic carbocycles. The molecule has 1 rings (SSSR count). The van der Waals surface area contributed by atoms with E-state index in [1.807, 2.05) is 6.08 Å². The molecule has 0 N–H and O–H groups in total. The molecule has 1 aliphatic rings. The summed E-state index contributed by atoms with van der Waals surface area (Å²) in [5.74, 6) is 2.96. The molecule has 2 nitrogen and oxygen atoms in total. The van der Waals surface area contributed by atoms with Gasteiger partial charge in [-0.05, 0) is 49.0 Å². The Hall–Kier alpha value is -0.823. The minimum absolute atomic E-state index is 0.0579. The first kappa shape index (κ1) is 19.2. The van der Waals surface area contributed by atoms with Gasteiger partial charge >= 0.3 is 0 Å². The largest absolute Gasteiger partial charge is 0.416 e. The van der Waals surface area contributed by atoms with Crippen LogP contribution in [0.4, 0.5) is 0 Å². The maximum absolute atomic E-state index is 6.42. The van der Waals surface area contributed by atoms with E-state index in [9.17, 15) is 0 Å². The van der Waals surface area contributed by atoms with Crippen molar-refractivity contribution >= 4 is 8.32 Å². The Morgan fingerprint density at radius 2 is 2.05 bits per heavy atom. The highest BCUT2D eigenvalue weighted by Crippen LogP contribution is 2.38. The van der Waals surface area contributed by atoms with Gasteiger partial charge in [0, 0.05) is 12.5 Å². The molecule has 3 heteroatoms. The summed E-state index contributed by atoms with van der Waals surface area (Å²) in [4.78, 5) is 0. The van der Waals surface area contributed by atoms with Gasteiger partial charge in [0.05, 0.1) is 6.10 Å². The number of allylic oxidation sites excluding steroid dienone is 2. The van der Waals surface area contributed by atoms with Crippen LogP contribution in [0.15, 0.2) is 23.8 Å². The fourth-order valence-corrected chi connectivity index (χ4v) is 3.65. The van der Waals surface area contributed by atoms with Crippen molar-refractivity contribution in [2.75, 3.05) is 13.2 Å². The van der Waals surface area contributed by atoms with E-state index in [0.29, 0.717) is 12.5 Å². The second-order valence-electron chi connectivity index (χ2n) is 7.72. The summed E-state index contributed by atoms with van der Waals surface area (Å²) in [7, 11) is -1.73. The van der Waals surface area contributed by atoms with E-state index in [0.717, 1.165) is 19.4 Å². The van der Waals surface area contributed by atoms with Gasteiger partial charge in [-0.15, -0.1) is 6.42 Å². The van der Waals surface area contributed by atoms with E-state index in [-0.39, 0.29) is 11.1 Å². The van der Waals surface area contributed by atoms with Crippen molar-refractivity contribution in [2.24, 2.45) is 5.92 Å². The van der Waals surface area contributed by atoms with Gasteiger partial charge in [-0.2, -0.15) is 0 Å². The van der Waals surface area contributed by atoms with Gasteiger partial charge in [0.1, 0.15) is 6.61 Å². The summed E-state index contributed by atoms with van der Waals surface area (Å²) in [6.07, 6.45) is 9.50. The summed E-state index contributed by atoms with van der Waals surface area (Å²) >= 11 is 0. The molecule has 2 atom stereocenters. The highest BCUT2D eigenvalue weighted by molar-refractivity contribution is 6.74. The zero-order valence-electron chi connectivity index (χ0n) is 15.2. The topological polar surface area (TPSA) is 18.5 Å². The molecule has 0 saturated heterocycles. The van der Waals surface area contributed by atoms with Crippen LogP contribution < -0.4 is 0 Å². The lowest BCUT2D eigenvalue weighted by molar-refractivity contribution is 0.0270. The highest BCUT2D eigenvalue weighted by Gasteiger charge is 2.39. The van der Waals surface area contributed by atoms with E-state index < -0.39 is 8.32 Å². The molecule has 0 amide bonds. The van der Waals surface area contributed by atoms with Crippen LogP contribution in [-0.4, -0.2) is 27.6 Å². The molecule has 0 aromatic rings. The van der Waals surface area contributed by atoms with Crippen molar-refractivity contribution in [2.45, 2.75) is 64.8 Å². The van der Waals surface area contributed by atoms with Crippen molar-refractivity contribution in [3.63, 3.8) is 0 Å². The lowest BCUT2D eigenvalue weighted by atomic mass is 9.82. The van der Waals surface area contributed by atoms with Crippen molar-refractivity contribution in [3.05, 3.63) is 23.8 Å². The van der Waals surface area contributed by atoms with Crippen LogP contribution in [0.5, 0.6) is 0 Å². The Kier molecular flexibility index (Phi) is 6.67. The van der Waals surface area contributed by atoms with Crippen LogP contribution in [-0.2, 0) is 9.16 Å². The third kappa shape index (κ3) is 4.58. The number of hydrogen-bond donors (Lipinski definition) is 0. The smallest absolute Gasteiger partial charge is 0.191 e. The van der Waals surface area contributed by atoms with Gasteiger partial charge in [-0.3, -0.25) is 0 Å². The van der Waals surface area contributed by atoms with Gasteiger partial charge in [-0.25, -0.2) is 0 Å². The van der Waals surface area contributed by atoms with Gasteiger partial charge in [0.25, 0.3) is 0 Å². The van der Waals surface area contributed by atoms with Gasteiger partial charge < -0.3 is 9.16 Å². The molecule has 0 aromatic carbocycles. The Bertz CT molecular complexity index is 463. The molecule has 0 fully saturated rings. The Balaban J connectivity index is 2.83. The minimum Gasteiger partial charge on any atom is -0.416 e. The van der Waals surface area contributed by atoms with Crippen LogP contribution >= 0.6 is 0 Å². The van der Waals surface area contributed by atoms with E-state index in [1.165, 1.54) is 11.1 Å². The van der Waals surface area contributed by atoms with Crippen molar-refractivity contribution in [1.82, 2.24) is 0 Å². The quantitative estimate of drug-likeness (QED) is 0.510. The first-order chi connectivity index (χ1) is 10.1. The molecule has 0 saturated carbocycles. The number of rotatable bonds is 6. The Morgan fingerprint density at radius 1 is 1.41 bits per heavy atom. The van der Waals surface area contributed by atoms with Crippen LogP contribution in [0.25, 0.3) is 0 Å². The summed E-state index contributed by atoms with van der Waals surface area (Å²) in [6, 6.07) is 0. The number of hydrogen-bond acceptors (Lipinski definition) is 2. The standard InChI is InChI=1S/C19H32O2Si/c1-9-13-20-18-15(3)16(10-2)11-12-17(18)14-21-22(7,8)19(4,5)6/h1,10,17-18H,2,11-14H2,3-8H3/t17-,18+/m1/s1. The lowest BCUT2D eigenvalue weighted by Crippen LogP contribution is -2.44. The van der Waals surface area contributed by atoms with Crippen molar-refractivity contribution in [3.8, 4) is 12.3 Å². The molecule has 0 spiro atoms. The summed E-state index contributed by atoms with van der Waals surface area (Å²) < 4.78 is 12.4. The maximum Gasteiger partial charge on any atom is 0.191 e. The molecular formula is C19H32O2Si. The predicted molar refractivity (Wildman–Crippen MR) is 97.3 cm³/mol. The van der Waals surface area contributed by atoms with Crippen LogP contribution in [0.3, 0.4) is 0 Å². The lowest BCUT2D eigenvalue weighted by Gasteiger charge is -2.40. The molecule has 0 heterocycles. The van der Waals surface area contributed by atoms with Crippen LogP contribution in [0.1, 0.15) is 40.5 Å². The van der Waals surface area contributed by atoms with Gasteiger partial charge in [0.15, 0.2) is 8.32 Å². The van der Waals surface area contributed by atoms with Gasteiger partial charge in [0.2, 0.25) is 0 Å². The third-order valence-corrected chi connectivity index (χ3v) is 9.70. The first-order valence-electron chi connectivity index (χ1n) is 8.15. The van der Waals surface area contributed by atoms with E-state index >= 15 is 0 Å². The monoisotopic (exact) mass is 320 g/mol. The average Bonchev–Trinajstić information content (AvgIpc) is 2.43. The molecule has 0 aliphatic heterocycles. The zero-order chi connectivity index (χ0) is 17.0. The summed E-state index contributed by atoms with van der Waals surface area (Å²) in [5.41, 5.74) is 2.56. The van der Waals surface area contributed by atoms with E-state index in [1.54, 1.807) is 0 Å². The maximum atomic E-state index is 6.42. The molecule has 0 radical (unpaired) electrons. The number of ether oxygens (including phenoxy) is 1. The zero-order valence-corrected chi connectivity index (χ0v) is 16.2. The van der Waals surface area contributed by atoms with E-state index in [2.05, 4.69) is 53.3 Å². The van der Waals surface area contributed by atoms with Crippen LogP contribution in [0.2, 0.25) is 18.1 Å². The molecule has 0 unspecified atom stereocenters. The average molecular weight is 321 g/mol. The predicted octanol–water partition coefficient (Wildman–Crippen LogP) is 4.94. The molecule has 124 valence electrons.